The maximum atomic E-state index is 8.52. The Morgan fingerprint density at radius 1 is 1.35 bits per heavy atom. The van der Waals surface area contributed by atoms with Crippen molar-refractivity contribution in [3.05, 3.63) is 69.7 Å². The Bertz CT molecular complexity index is 1210. The molecule has 5 heteroatoms. The van der Waals surface area contributed by atoms with Gasteiger partial charge in [0.05, 0.1) is 18.6 Å². The highest BCUT2D eigenvalue weighted by Gasteiger charge is 2.26. The summed E-state index contributed by atoms with van der Waals surface area (Å²) in [6.45, 7) is 2.33. The Morgan fingerprint density at radius 2 is 2.12 bits per heavy atom. The lowest BCUT2D eigenvalue weighted by Gasteiger charge is -2.24. The van der Waals surface area contributed by atoms with Gasteiger partial charge in [-0.15, -0.1) is 11.3 Å². The van der Waals surface area contributed by atoms with E-state index < -0.39 is 36.8 Å². The number of thiophene rings is 1. The number of nitrogens with one attached hydrogen (secondary N) is 1. The molecule has 26 heavy (non-hydrogen) atoms. The molecular weight excluding hydrogens is 362 g/mol. The molecule has 1 aromatic carbocycles. The van der Waals surface area contributed by atoms with Crippen LogP contribution in [0.1, 0.15) is 42.9 Å². The van der Waals surface area contributed by atoms with Crippen LogP contribution in [0.15, 0.2) is 48.5 Å². The standard InChI is InChI=1S/C21H22ClN3S/c1-13-19-21(26-20(13)15-9-5-6-10-16(15)23)17(11-18(22)25-19)24-12-14-7-3-2-4-8-14/h2-8,11,15-16H,9-10,12,23H2,1H3,(H,24,25)/t15-,16-/m0/s1/i5D,6D,9D2,10D2. The first-order valence-corrected chi connectivity index (χ1v) is 9.47. The quantitative estimate of drug-likeness (QED) is 0.449. The topological polar surface area (TPSA) is 50.9 Å². The summed E-state index contributed by atoms with van der Waals surface area (Å²) in [5.41, 5.74) is 9.25. The van der Waals surface area contributed by atoms with Gasteiger partial charge < -0.3 is 11.1 Å². The van der Waals surface area contributed by atoms with Crippen LogP contribution in [-0.4, -0.2) is 11.0 Å². The zero-order valence-corrected chi connectivity index (χ0v) is 15.7. The molecule has 0 aliphatic heterocycles. The smallest absolute Gasteiger partial charge is 0.131 e. The van der Waals surface area contributed by atoms with Crippen LogP contribution in [0.3, 0.4) is 0 Å². The molecule has 2 heterocycles. The third kappa shape index (κ3) is 3.37. The molecule has 0 radical (unpaired) electrons. The second-order valence-electron chi connectivity index (χ2n) is 6.14. The Hall–Kier alpha value is -1.88. The summed E-state index contributed by atoms with van der Waals surface area (Å²) >= 11 is 7.55. The van der Waals surface area contributed by atoms with Crippen LogP contribution >= 0.6 is 22.9 Å². The molecule has 0 unspecified atom stereocenters. The molecule has 0 amide bonds. The summed E-state index contributed by atoms with van der Waals surface area (Å²) < 4.78 is 50.3. The van der Waals surface area contributed by atoms with Gasteiger partial charge >= 0.3 is 0 Å². The maximum Gasteiger partial charge on any atom is 0.131 e. The number of pyridine rings is 1. The minimum Gasteiger partial charge on any atom is -0.380 e. The number of anilines is 1. The third-order valence-corrected chi connectivity index (χ3v) is 5.97. The van der Waals surface area contributed by atoms with E-state index in [1.165, 1.54) is 11.3 Å². The second kappa shape index (κ2) is 7.39. The highest BCUT2D eigenvalue weighted by molar-refractivity contribution is 7.20. The van der Waals surface area contributed by atoms with Crippen LogP contribution < -0.4 is 11.1 Å². The molecule has 3 N–H and O–H groups in total. The molecule has 0 saturated heterocycles. The molecule has 2 atom stereocenters. The van der Waals surface area contributed by atoms with Crippen LogP contribution in [0.4, 0.5) is 5.69 Å². The number of aryl methyl sites for hydroxylation is 1. The highest BCUT2D eigenvalue weighted by atomic mass is 35.5. The molecule has 4 rings (SSSR count). The molecule has 3 aromatic rings. The largest absolute Gasteiger partial charge is 0.380 e. The number of allylic oxidation sites excluding steroid dienone is 1. The molecule has 0 saturated carbocycles. The number of hydrogen-bond donors (Lipinski definition) is 2. The fourth-order valence-electron chi connectivity index (χ4n) is 3.02. The molecule has 3 nitrogen and oxygen atoms in total. The van der Waals surface area contributed by atoms with Crippen molar-refractivity contribution in [1.82, 2.24) is 4.98 Å². The van der Waals surface area contributed by atoms with E-state index in [1.807, 2.05) is 30.3 Å². The molecule has 0 fully saturated rings. The normalized spacial score (nSPS) is 27.8. The number of fused-ring (bicyclic) bond motifs is 1. The molecule has 0 spiro atoms. The molecule has 2 aromatic heterocycles. The number of aromatic nitrogens is 1. The van der Waals surface area contributed by atoms with Gasteiger partial charge in [0.2, 0.25) is 0 Å². The van der Waals surface area contributed by atoms with E-state index in [-0.39, 0.29) is 5.15 Å². The second-order valence-corrected chi connectivity index (χ2v) is 7.58. The van der Waals surface area contributed by atoms with E-state index in [2.05, 4.69) is 10.3 Å². The van der Waals surface area contributed by atoms with Crippen LogP contribution in [0.25, 0.3) is 10.2 Å². The summed E-state index contributed by atoms with van der Waals surface area (Å²) in [6, 6.07) is 8.82. The van der Waals surface area contributed by atoms with Crippen molar-refractivity contribution in [2.24, 2.45) is 5.73 Å². The van der Waals surface area contributed by atoms with E-state index in [0.717, 1.165) is 16.0 Å². The molecule has 1 aliphatic carbocycles. The number of nitrogens with zero attached hydrogens (tertiary/aromatic N) is 1. The molecule has 1 aliphatic rings. The fraction of sp³-hybridized carbons (Fsp3) is 0.286. The number of nitrogens with two attached hydrogens (primary N) is 1. The maximum absolute atomic E-state index is 8.52. The molecule has 134 valence electrons. The van der Waals surface area contributed by atoms with E-state index in [0.29, 0.717) is 22.5 Å². The highest BCUT2D eigenvalue weighted by Crippen LogP contribution is 2.42. The number of rotatable bonds is 4. The van der Waals surface area contributed by atoms with Crippen LogP contribution in [-0.2, 0) is 6.54 Å². The first kappa shape index (κ1) is 11.8. The minimum atomic E-state index is -2.32. The summed E-state index contributed by atoms with van der Waals surface area (Å²) in [6.07, 6.45) is -4.62. The Morgan fingerprint density at radius 3 is 2.92 bits per heavy atom. The summed E-state index contributed by atoms with van der Waals surface area (Å²) in [5.74, 6) is -1.14. The lowest BCUT2D eigenvalue weighted by atomic mass is 9.87. The number of halogens is 1. The van der Waals surface area contributed by atoms with Gasteiger partial charge in [0.1, 0.15) is 5.15 Å². The van der Waals surface area contributed by atoms with Gasteiger partial charge in [-0.25, -0.2) is 4.98 Å². The Kier molecular flexibility index (Phi) is 3.34. The zero-order valence-electron chi connectivity index (χ0n) is 20.1. The van der Waals surface area contributed by atoms with Crippen molar-refractivity contribution in [2.75, 3.05) is 5.32 Å². The first-order chi connectivity index (χ1) is 15.0. The fourth-order valence-corrected chi connectivity index (χ4v) is 4.55. The van der Waals surface area contributed by atoms with Crippen LogP contribution in [0, 0.1) is 6.92 Å². The third-order valence-electron chi connectivity index (χ3n) is 4.37. The molecule has 0 bridgehead atoms. The van der Waals surface area contributed by atoms with Gasteiger partial charge in [-0.1, -0.05) is 54.0 Å². The lowest BCUT2D eigenvalue weighted by molar-refractivity contribution is 0.526. The van der Waals surface area contributed by atoms with Gasteiger partial charge in [0.15, 0.2) is 0 Å². The minimum absolute atomic E-state index is 0.279. The van der Waals surface area contributed by atoms with E-state index >= 15 is 0 Å². The van der Waals surface area contributed by atoms with E-state index in [1.54, 1.807) is 13.0 Å². The van der Waals surface area contributed by atoms with Crippen LogP contribution in [0.2, 0.25) is 5.15 Å². The van der Waals surface area contributed by atoms with Crippen LogP contribution in [0.5, 0.6) is 0 Å². The Labute approximate surface area is 171 Å². The van der Waals surface area contributed by atoms with Gasteiger partial charge in [-0.3, -0.25) is 0 Å². The Balaban J connectivity index is 1.83. The summed E-state index contributed by atoms with van der Waals surface area (Å²) in [7, 11) is 0. The average Bonchev–Trinajstić information content (AvgIpc) is 3.07. The number of hydrogen-bond acceptors (Lipinski definition) is 4. The van der Waals surface area contributed by atoms with Crippen molar-refractivity contribution in [3.63, 3.8) is 0 Å². The summed E-state index contributed by atoms with van der Waals surface area (Å²) in [4.78, 5) is 4.94. The van der Waals surface area contributed by atoms with Crippen molar-refractivity contribution < 1.29 is 8.22 Å². The number of benzene rings is 1. The van der Waals surface area contributed by atoms with Crippen molar-refractivity contribution in [2.45, 2.75) is 38.2 Å². The SMILES string of the molecule is [2H]C1=C([2H])C([2H])([2H])[C@H](c2sc3c(NCc4ccccc4)cc(Cl)nc3c2C)[C@@H](N)C1([2H])[2H]. The first-order valence-electron chi connectivity index (χ1n) is 11.3. The lowest BCUT2D eigenvalue weighted by Crippen LogP contribution is -2.29. The summed E-state index contributed by atoms with van der Waals surface area (Å²) in [5, 5.41) is 3.64. The van der Waals surface area contributed by atoms with Crippen molar-refractivity contribution in [1.29, 1.82) is 0 Å². The van der Waals surface area contributed by atoms with E-state index in [9.17, 15) is 0 Å². The van der Waals surface area contributed by atoms with Crippen molar-refractivity contribution >= 4 is 38.8 Å². The predicted octanol–water partition coefficient (Wildman–Crippen LogP) is 5.63. The van der Waals surface area contributed by atoms with Gasteiger partial charge in [-0.2, -0.15) is 0 Å². The van der Waals surface area contributed by atoms with E-state index in [4.69, 9.17) is 25.6 Å². The van der Waals surface area contributed by atoms with Crippen molar-refractivity contribution in [3.8, 4) is 0 Å². The van der Waals surface area contributed by atoms with Gasteiger partial charge in [0.25, 0.3) is 0 Å². The zero-order chi connectivity index (χ0) is 23.4. The average molecular weight is 390 g/mol. The van der Waals surface area contributed by atoms with Gasteiger partial charge in [-0.05, 0) is 30.8 Å². The van der Waals surface area contributed by atoms with Gasteiger partial charge in [0, 0.05) is 34.9 Å². The predicted molar refractivity (Wildman–Crippen MR) is 112 cm³/mol. The monoisotopic (exact) mass is 389 g/mol. The molecular formula is C21H22ClN3S.